The molecule has 0 bridgehead atoms. The summed E-state index contributed by atoms with van der Waals surface area (Å²) in [4.78, 5) is 14.3. The Morgan fingerprint density at radius 2 is 1.72 bits per heavy atom. The second kappa shape index (κ2) is 7.73. The molecule has 25 heavy (non-hydrogen) atoms. The number of aliphatic carboxylic acids is 1. The van der Waals surface area contributed by atoms with Crippen molar-refractivity contribution < 1.29 is 9.90 Å². The maximum absolute atomic E-state index is 11.9. The van der Waals surface area contributed by atoms with Crippen molar-refractivity contribution in [2.24, 2.45) is 0 Å². The van der Waals surface area contributed by atoms with Gasteiger partial charge in [0.2, 0.25) is 0 Å². The normalized spacial score (nSPS) is 15.8. The number of anilines is 1. The molecule has 0 spiro atoms. The molecular formula is C22H27NO2. The van der Waals surface area contributed by atoms with Crippen molar-refractivity contribution in [1.82, 2.24) is 0 Å². The monoisotopic (exact) mass is 337 g/mol. The van der Waals surface area contributed by atoms with E-state index in [-0.39, 0.29) is 0 Å². The Morgan fingerprint density at radius 3 is 2.36 bits per heavy atom. The minimum Gasteiger partial charge on any atom is -0.481 e. The van der Waals surface area contributed by atoms with Gasteiger partial charge in [-0.15, -0.1) is 0 Å². The fraction of sp³-hybridized carbons (Fsp3) is 0.409. The van der Waals surface area contributed by atoms with Gasteiger partial charge in [-0.05, 0) is 68.4 Å². The van der Waals surface area contributed by atoms with Crippen LogP contribution in [0, 0.1) is 13.8 Å². The SMILES string of the molecule is Cc1ccc(C)c(C(Cc2ccc(N3CCCCC3)cc2)C(=O)O)c1. The van der Waals surface area contributed by atoms with Crippen LogP contribution in [-0.4, -0.2) is 24.2 Å². The van der Waals surface area contributed by atoms with Crippen molar-refractivity contribution >= 4 is 11.7 Å². The lowest BCUT2D eigenvalue weighted by atomic mass is 9.88. The molecule has 0 aliphatic carbocycles. The van der Waals surface area contributed by atoms with Crippen LogP contribution in [0.5, 0.6) is 0 Å². The van der Waals surface area contributed by atoms with E-state index in [0.717, 1.165) is 35.3 Å². The van der Waals surface area contributed by atoms with Crippen LogP contribution >= 0.6 is 0 Å². The summed E-state index contributed by atoms with van der Waals surface area (Å²) in [6, 6.07) is 14.5. The Hall–Kier alpha value is -2.29. The first-order valence-electron chi connectivity index (χ1n) is 9.18. The van der Waals surface area contributed by atoms with Crippen molar-refractivity contribution in [1.29, 1.82) is 0 Å². The summed E-state index contributed by atoms with van der Waals surface area (Å²) in [6.07, 6.45) is 4.37. The van der Waals surface area contributed by atoms with Gasteiger partial charge in [0.25, 0.3) is 0 Å². The van der Waals surface area contributed by atoms with E-state index in [2.05, 4.69) is 29.2 Å². The molecule has 0 saturated carbocycles. The summed E-state index contributed by atoms with van der Waals surface area (Å²) in [5.74, 6) is -1.26. The van der Waals surface area contributed by atoms with Crippen LogP contribution in [0.15, 0.2) is 42.5 Å². The Morgan fingerprint density at radius 1 is 1.04 bits per heavy atom. The maximum Gasteiger partial charge on any atom is 0.311 e. The summed E-state index contributed by atoms with van der Waals surface area (Å²) in [5, 5.41) is 9.75. The molecule has 1 N–H and O–H groups in total. The largest absolute Gasteiger partial charge is 0.481 e. The highest BCUT2D eigenvalue weighted by atomic mass is 16.4. The lowest BCUT2D eigenvalue weighted by Crippen LogP contribution is -2.29. The van der Waals surface area contributed by atoms with E-state index in [1.165, 1.54) is 24.9 Å². The van der Waals surface area contributed by atoms with Gasteiger partial charge in [-0.25, -0.2) is 0 Å². The number of carboxylic acid groups (broad SMARTS) is 1. The van der Waals surface area contributed by atoms with E-state index in [0.29, 0.717) is 6.42 Å². The fourth-order valence-electron chi connectivity index (χ4n) is 3.70. The van der Waals surface area contributed by atoms with Gasteiger partial charge in [0.1, 0.15) is 0 Å². The Bertz CT molecular complexity index is 730. The summed E-state index contributed by atoms with van der Waals surface area (Å²) in [7, 11) is 0. The molecule has 1 saturated heterocycles. The summed E-state index contributed by atoms with van der Waals surface area (Å²) in [5.41, 5.74) is 5.40. The number of hydrogen-bond acceptors (Lipinski definition) is 2. The molecule has 2 aromatic carbocycles. The molecule has 0 radical (unpaired) electrons. The molecule has 2 aromatic rings. The number of hydrogen-bond donors (Lipinski definition) is 1. The van der Waals surface area contributed by atoms with Gasteiger partial charge < -0.3 is 10.0 Å². The van der Waals surface area contributed by atoms with E-state index in [1.54, 1.807) is 0 Å². The van der Waals surface area contributed by atoms with Crippen molar-refractivity contribution in [3.63, 3.8) is 0 Å². The third-order valence-electron chi connectivity index (χ3n) is 5.21. The number of carbonyl (C=O) groups is 1. The van der Waals surface area contributed by atoms with Gasteiger partial charge in [-0.1, -0.05) is 35.9 Å². The van der Waals surface area contributed by atoms with Gasteiger partial charge >= 0.3 is 5.97 Å². The van der Waals surface area contributed by atoms with Crippen molar-refractivity contribution in [3.8, 4) is 0 Å². The number of nitrogens with zero attached hydrogens (tertiary/aromatic N) is 1. The van der Waals surface area contributed by atoms with Gasteiger partial charge in [0.05, 0.1) is 5.92 Å². The zero-order valence-corrected chi connectivity index (χ0v) is 15.2. The number of rotatable bonds is 5. The number of piperidine rings is 1. The molecule has 0 aromatic heterocycles. The van der Waals surface area contributed by atoms with Crippen molar-refractivity contribution in [2.45, 2.75) is 45.4 Å². The van der Waals surface area contributed by atoms with Crippen LogP contribution in [0.2, 0.25) is 0 Å². The molecule has 132 valence electrons. The third kappa shape index (κ3) is 4.22. The van der Waals surface area contributed by atoms with Gasteiger partial charge in [0.15, 0.2) is 0 Å². The molecule has 1 aliphatic rings. The highest BCUT2D eigenvalue weighted by Crippen LogP contribution is 2.27. The maximum atomic E-state index is 11.9. The van der Waals surface area contributed by atoms with E-state index in [1.807, 2.05) is 32.0 Å². The average molecular weight is 337 g/mol. The smallest absolute Gasteiger partial charge is 0.311 e. The third-order valence-corrected chi connectivity index (χ3v) is 5.21. The number of benzene rings is 2. The molecule has 3 rings (SSSR count). The van der Waals surface area contributed by atoms with Crippen LogP contribution < -0.4 is 4.90 Å². The van der Waals surface area contributed by atoms with E-state index >= 15 is 0 Å². The lowest BCUT2D eigenvalue weighted by Gasteiger charge is -2.29. The Balaban J connectivity index is 1.78. The van der Waals surface area contributed by atoms with Crippen LogP contribution in [-0.2, 0) is 11.2 Å². The predicted octanol–water partition coefficient (Wildman–Crippen LogP) is 4.70. The lowest BCUT2D eigenvalue weighted by molar-refractivity contribution is -0.138. The van der Waals surface area contributed by atoms with Crippen molar-refractivity contribution in [3.05, 3.63) is 64.7 Å². The summed E-state index contributed by atoms with van der Waals surface area (Å²) >= 11 is 0. The Labute approximate surface area is 150 Å². The molecule has 1 unspecified atom stereocenters. The standard InChI is InChI=1S/C22H27NO2/c1-16-6-7-17(2)20(14-16)21(22(24)25)15-18-8-10-19(11-9-18)23-12-4-3-5-13-23/h6-11,14,21H,3-5,12-13,15H2,1-2H3,(H,24,25). The topological polar surface area (TPSA) is 40.5 Å². The molecule has 1 atom stereocenters. The summed E-state index contributed by atoms with van der Waals surface area (Å²) < 4.78 is 0. The number of aryl methyl sites for hydroxylation is 2. The molecule has 1 aliphatic heterocycles. The average Bonchev–Trinajstić information content (AvgIpc) is 2.63. The molecule has 3 nitrogen and oxygen atoms in total. The van der Waals surface area contributed by atoms with E-state index in [9.17, 15) is 9.90 Å². The predicted molar refractivity (Wildman–Crippen MR) is 103 cm³/mol. The van der Waals surface area contributed by atoms with Crippen LogP contribution in [0.25, 0.3) is 0 Å². The molecular weight excluding hydrogens is 310 g/mol. The molecule has 0 amide bonds. The van der Waals surface area contributed by atoms with Crippen molar-refractivity contribution in [2.75, 3.05) is 18.0 Å². The number of carboxylic acids is 1. The first-order valence-corrected chi connectivity index (χ1v) is 9.18. The zero-order chi connectivity index (χ0) is 17.8. The molecule has 1 heterocycles. The second-order valence-electron chi connectivity index (χ2n) is 7.17. The highest BCUT2D eigenvalue weighted by Gasteiger charge is 2.22. The zero-order valence-electron chi connectivity index (χ0n) is 15.2. The molecule has 3 heteroatoms. The minimum absolute atomic E-state index is 0.499. The van der Waals surface area contributed by atoms with E-state index in [4.69, 9.17) is 0 Å². The van der Waals surface area contributed by atoms with Gasteiger partial charge in [-0.2, -0.15) is 0 Å². The Kier molecular flexibility index (Phi) is 5.42. The van der Waals surface area contributed by atoms with Crippen LogP contribution in [0.1, 0.15) is 47.4 Å². The summed E-state index contributed by atoms with van der Waals surface area (Å²) in [6.45, 7) is 6.25. The second-order valence-corrected chi connectivity index (χ2v) is 7.17. The molecule has 1 fully saturated rings. The minimum atomic E-state index is -0.756. The quantitative estimate of drug-likeness (QED) is 0.859. The van der Waals surface area contributed by atoms with Gasteiger partial charge in [0, 0.05) is 18.8 Å². The first-order chi connectivity index (χ1) is 12.0. The fourth-order valence-corrected chi connectivity index (χ4v) is 3.70. The first kappa shape index (κ1) is 17.5. The van der Waals surface area contributed by atoms with E-state index < -0.39 is 11.9 Å². The van der Waals surface area contributed by atoms with Gasteiger partial charge in [-0.3, -0.25) is 4.79 Å². The highest BCUT2D eigenvalue weighted by molar-refractivity contribution is 5.77. The van der Waals surface area contributed by atoms with Crippen LogP contribution in [0.4, 0.5) is 5.69 Å². The van der Waals surface area contributed by atoms with Crippen LogP contribution in [0.3, 0.4) is 0 Å².